The van der Waals surface area contributed by atoms with Crippen LogP contribution in [0.3, 0.4) is 0 Å². The molecule has 0 aliphatic rings. The second kappa shape index (κ2) is 7.88. The fourth-order valence-electron chi connectivity index (χ4n) is 1.65. The molecule has 0 radical (unpaired) electrons. The van der Waals surface area contributed by atoms with Crippen LogP contribution in [0.2, 0.25) is 0 Å². The first kappa shape index (κ1) is 14.7. The summed E-state index contributed by atoms with van der Waals surface area (Å²) in [4.78, 5) is 11.5. The van der Waals surface area contributed by atoms with Crippen molar-refractivity contribution < 1.29 is 9.90 Å². The van der Waals surface area contributed by atoms with Gasteiger partial charge in [-0.25, -0.2) is 0 Å². The van der Waals surface area contributed by atoms with E-state index in [1.54, 1.807) is 0 Å². The van der Waals surface area contributed by atoms with Crippen LogP contribution in [-0.4, -0.2) is 24.2 Å². The number of aliphatic hydroxyl groups excluding tert-OH is 1. The number of benzene rings is 1. The minimum absolute atomic E-state index is 0.0717. The minimum atomic E-state index is 0.0717. The van der Waals surface area contributed by atoms with E-state index in [4.69, 9.17) is 5.11 Å². The molecule has 2 N–H and O–H groups in total. The number of carbonyl (C=O) groups excluding carboxylic acids is 1. The second-order valence-corrected chi connectivity index (χ2v) is 4.93. The van der Waals surface area contributed by atoms with E-state index in [9.17, 15) is 4.79 Å². The number of hydrogen-bond donors (Lipinski definition) is 2. The SMILES string of the molecule is Cc1ccc(CCCC(=O)NCC(C)CO)cc1. The van der Waals surface area contributed by atoms with Crippen molar-refractivity contribution >= 4 is 5.91 Å². The average Bonchev–Trinajstić information content (AvgIpc) is 2.38. The summed E-state index contributed by atoms with van der Waals surface area (Å²) >= 11 is 0. The van der Waals surface area contributed by atoms with Crippen LogP contribution >= 0.6 is 0 Å². The molecule has 0 bridgehead atoms. The Morgan fingerprint density at radius 1 is 1.33 bits per heavy atom. The van der Waals surface area contributed by atoms with Gasteiger partial charge in [0.15, 0.2) is 0 Å². The zero-order valence-corrected chi connectivity index (χ0v) is 11.3. The van der Waals surface area contributed by atoms with Crippen LogP contribution in [0.1, 0.15) is 30.9 Å². The van der Waals surface area contributed by atoms with E-state index in [-0.39, 0.29) is 18.4 Å². The average molecular weight is 249 g/mol. The van der Waals surface area contributed by atoms with Gasteiger partial charge in [-0.2, -0.15) is 0 Å². The molecule has 0 heterocycles. The molecule has 18 heavy (non-hydrogen) atoms. The van der Waals surface area contributed by atoms with E-state index in [1.807, 2.05) is 6.92 Å². The number of nitrogens with one attached hydrogen (secondary N) is 1. The Bertz CT molecular complexity index is 359. The standard InChI is InChI=1S/C15H23NO2/c1-12-6-8-14(9-7-12)4-3-5-15(18)16-10-13(2)11-17/h6-9,13,17H,3-5,10-11H2,1-2H3,(H,16,18). The van der Waals surface area contributed by atoms with Crippen molar-refractivity contribution in [1.29, 1.82) is 0 Å². The van der Waals surface area contributed by atoms with Crippen molar-refractivity contribution in [2.75, 3.05) is 13.2 Å². The van der Waals surface area contributed by atoms with E-state index in [0.29, 0.717) is 13.0 Å². The molecule has 1 aromatic rings. The van der Waals surface area contributed by atoms with Crippen LogP contribution in [0, 0.1) is 12.8 Å². The lowest BCUT2D eigenvalue weighted by molar-refractivity contribution is -0.121. The van der Waals surface area contributed by atoms with Crippen LogP contribution < -0.4 is 5.32 Å². The Balaban J connectivity index is 2.17. The molecule has 0 aliphatic heterocycles. The zero-order chi connectivity index (χ0) is 13.4. The second-order valence-electron chi connectivity index (χ2n) is 4.93. The molecular weight excluding hydrogens is 226 g/mol. The van der Waals surface area contributed by atoms with Crippen molar-refractivity contribution in [1.82, 2.24) is 5.32 Å². The highest BCUT2D eigenvalue weighted by molar-refractivity contribution is 5.75. The molecule has 1 amide bonds. The predicted molar refractivity (Wildman–Crippen MR) is 73.4 cm³/mol. The van der Waals surface area contributed by atoms with Crippen LogP contribution in [0.4, 0.5) is 0 Å². The highest BCUT2D eigenvalue weighted by Gasteiger charge is 2.04. The molecule has 0 aliphatic carbocycles. The molecule has 3 heteroatoms. The molecule has 0 spiro atoms. The van der Waals surface area contributed by atoms with Crippen molar-refractivity contribution in [2.24, 2.45) is 5.92 Å². The Labute approximate surface area is 109 Å². The van der Waals surface area contributed by atoms with E-state index in [0.717, 1.165) is 12.8 Å². The Morgan fingerprint density at radius 3 is 2.61 bits per heavy atom. The fraction of sp³-hybridized carbons (Fsp3) is 0.533. The molecule has 1 aromatic carbocycles. The molecule has 0 fully saturated rings. The summed E-state index contributed by atoms with van der Waals surface area (Å²) in [5.41, 5.74) is 2.53. The first-order chi connectivity index (χ1) is 8.61. The van der Waals surface area contributed by atoms with Crippen LogP contribution in [0.25, 0.3) is 0 Å². The van der Waals surface area contributed by atoms with Gasteiger partial charge in [0.2, 0.25) is 5.91 Å². The van der Waals surface area contributed by atoms with Crippen molar-refractivity contribution in [3.05, 3.63) is 35.4 Å². The molecule has 1 unspecified atom stereocenters. The first-order valence-corrected chi connectivity index (χ1v) is 6.55. The third kappa shape index (κ3) is 5.82. The van der Waals surface area contributed by atoms with Crippen molar-refractivity contribution in [3.8, 4) is 0 Å². The van der Waals surface area contributed by atoms with Crippen LogP contribution in [-0.2, 0) is 11.2 Å². The maximum atomic E-state index is 11.5. The highest BCUT2D eigenvalue weighted by Crippen LogP contribution is 2.07. The number of aryl methyl sites for hydroxylation is 2. The summed E-state index contributed by atoms with van der Waals surface area (Å²) in [7, 11) is 0. The highest BCUT2D eigenvalue weighted by atomic mass is 16.3. The number of aliphatic hydroxyl groups is 1. The number of amides is 1. The topological polar surface area (TPSA) is 49.3 Å². The van der Waals surface area contributed by atoms with Gasteiger partial charge in [0.05, 0.1) is 0 Å². The van der Waals surface area contributed by atoms with Crippen LogP contribution in [0.15, 0.2) is 24.3 Å². The van der Waals surface area contributed by atoms with Gasteiger partial charge in [0.1, 0.15) is 0 Å². The molecule has 0 aromatic heterocycles. The third-order valence-corrected chi connectivity index (χ3v) is 2.95. The van der Waals surface area contributed by atoms with E-state index < -0.39 is 0 Å². The molecule has 0 saturated heterocycles. The lowest BCUT2D eigenvalue weighted by Gasteiger charge is -2.09. The Hall–Kier alpha value is -1.35. The van der Waals surface area contributed by atoms with Crippen molar-refractivity contribution in [3.63, 3.8) is 0 Å². The van der Waals surface area contributed by atoms with Gasteiger partial charge >= 0.3 is 0 Å². The van der Waals surface area contributed by atoms with E-state index in [2.05, 4.69) is 36.5 Å². The molecule has 1 rings (SSSR count). The maximum absolute atomic E-state index is 11.5. The minimum Gasteiger partial charge on any atom is -0.396 e. The molecular formula is C15H23NO2. The fourth-order valence-corrected chi connectivity index (χ4v) is 1.65. The van der Waals surface area contributed by atoms with Gasteiger partial charge in [-0.15, -0.1) is 0 Å². The quantitative estimate of drug-likeness (QED) is 0.777. The number of rotatable bonds is 7. The Kier molecular flexibility index (Phi) is 6.44. The van der Waals surface area contributed by atoms with Gasteiger partial charge in [0.25, 0.3) is 0 Å². The molecule has 0 saturated carbocycles. The largest absolute Gasteiger partial charge is 0.396 e. The molecule has 3 nitrogen and oxygen atoms in total. The summed E-state index contributed by atoms with van der Waals surface area (Å²) < 4.78 is 0. The van der Waals surface area contributed by atoms with Gasteiger partial charge in [-0.05, 0) is 31.2 Å². The third-order valence-electron chi connectivity index (χ3n) is 2.95. The summed E-state index contributed by atoms with van der Waals surface area (Å²) in [5, 5.41) is 11.7. The summed E-state index contributed by atoms with van der Waals surface area (Å²) in [6.45, 7) is 4.65. The van der Waals surface area contributed by atoms with Gasteiger partial charge in [-0.1, -0.05) is 36.8 Å². The smallest absolute Gasteiger partial charge is 0.220 e. The summed E-state index contributed by atoms with van der Waals surface area (Å²) in [6.07, 6.45) is 2.34. The summed E-state index contributed by atoms with van der Waals surface area (Å²) in [5.74, 6) is 0.202. The van der Waals surface area contributed by atoms with E-state index in [1.165, 1.54) is 11.1 Å². The zero-order valence-electron chi connectivity index (χ0n) is 11.3. The lowest BCUT2D eigenvalue weighted by atomic mass is 10.1. The molecule has 100 valence electrons. The molecule has 1 atom stereocenters. The first-order valence-electron chi connectivity index (χ1n) is 6.55. The lowest BCUT2D eigenvalue weighted by Crippen LogP contribution is -2.29. The monoisotopic (exact) mass is 249 g/mol. The van der Waals surface area contributed by atoms with E-state index >= 15 is 0 Å². The summed E-state index contributed by atoms with van der Waals surface area (Å²) in [6, 6.07) is 8.42. The van der Waals surface area contributed by atoms with Gasteiger partial charge < -0.3 is 10.4 Å². The van der Waals surface area contributed by atoms with Gasteiger partial charge in [0, 0.05) is 19.6 Å². The predicted octanol–water partition coefficient (Wildman–Crippen LogP) is 2.06. The number of hydrogen-bond acceptors (Lipinski definition) is 2. The Morgan fingerprint density at radius 2 is 2.00 bits per heavy atom. The normalized spacial score (nSPS) is 12.2. The van der Waals surface area contributed by atoms with Gasteiger partial charge in [-0.3, -0.25) is 4.79 Å². The van der Waals surface area contributed by atoms with Crippen molar-refractivity contribution in [2.45, 2.75) is 33.1 Å². The maximum Gasteiger partial charge on any atom is 0.220 e. The van der Waals surface area contributed by atoms with Crippen LogP contribution in [0.5, 0.6) is 0 Å². The number of carbonyl (C=O) groups is 1.